The highest BCUT2D eigenvalue weighted by atomic mass is 79.9. The van der Waals surface area contributed by atoms with Crippen LogP contribution < -0.4 is 0 Å². The standard InChI is InChI=1S/C10H20Br2/c1-5-10(4,8-12)6-9(2,3)7-11/h5-8H2,1-4H3. The third-order valence-corrected chi connectivity index (χ3v) is 5.31. The van der Waals surface area contributed by atoms with E-state index in [0.29, 0.717) is 10.8 Å². The Labute approximate surface area is 93.8 Å². The van der Waals surface area contributed by atoms with Crippen molar-refractivity contribution in [3.05, 3.63) is 0 Å². The van der Waals surface area contributed by atoms with Gasteiger partial charge in [0.15, 0.2) is 0 Å². The second-order valence-corrected chi connectivity index (χ2v) is 5.89. The van der Waals surface area contributed by atoms with Crippen LogP contribution >= 0.6 is 31.9 Å². The lowest BCUT2D eigenvalue weighted by Gasteiger charge is -2.34. The molecule has 0 aromatic carbocycles. The van der Waals surface area contributed by atoms with Gasteiger partial charge in [0.05, 0.1) is 0 Å². The van der Waals surface area contributed by atoms with Gasteiger partial charge in [0.25, 0.3) is 0 Å². The zero-order valence-electron chi connectivity index (χ0n) is 8.58. The smallest absolute Gasteiger partial charge is 0.00854 e. The van der Waals surface area contributed by atoms with E-state index in [1.54, 1.807) is 0 Å². The molecule has 0 heterocycles. The average molecular weight is 300 g/mol. The summed E-state index contributed by atoms with van der Waals surface area (Å²) < 4.78 is 0. The zero-order valence-corrected chi connectivity index (χ0v) is 11.8. The van der Waals surface area contributed by atoms with Crippen molar-refractivity contribution in [2.75, 3.05) is 10.7 Å². The highest BCUT2D eigenvalue weighted by molar-refractivity contribution is 9.09. The molecule has 0 spiro atoms. The molecule has 12 heavy (non-hydrogen) atoms. The minimum atomic E-state index is 0.415. The van der Waals surface area contributed by atoms with Crippen molar-refractivity contribution >= 4 is 31.9 Å². The molecule has 0 saturated carbocycles. The molecule has 0 aromatic heterocycles. The molecule has 0 nitrogen and oxygen atoms in total. The van der Waals surface area contributed by atoms with Crippen molar-refractivity contribution in [3.63, 3.8) is 0 Å². The van der Waals surface area contributed by atoms with Crippen molar-refractivity contribution in [1.29, 1.82) is 0 Å². The van der Waals surface area contributed by atoms with E-state index >= 15 is 0 Å². The van der Waals surface area contributed by atoms with Gasteiger partial charge in [-0.05, 0) is 23.7 Å². The Morgan fingerprint density at radius 2 is 1.50 bits per heavy atom. The molecule has 0 N–H and O–H groups in total. The van der Waals surface area contributed by atoms with Crippen LogP contribution in [0.3, 0.4) is 0 Å². The van der Waals surface area contributed by atoms with Gasteiger partial charge < -0.3 is 0 Å². The summed E-state index contributed by atoms with van der Waals surface area (Å²) >= 11 is 7.17. The summed E-state index contributed by atoms with van der Waals surface area (Å²) in [4.78, 5) is 0. The summed E-state index contributed by atoms with van der Waals surface area (Å²) in [5.74, 6) is 0. The Morgan fingerprint density at radius 3 is 1.75 bits per heavy atom. The van der Waals surface area contributed by atoms with Crippen LogP contribution in [-0.2, 0) is 0 Å². The van der Waals surface area contributed by atoms with Crippen molar-refractivity contribution < 1.29 is 0 Å². The van der Waals surface area contributed by atoms with Crippen LogP contribution in [0.25, 0.3) is 0 Å². The summed E-state index contributed by atoms with van der Waals surface area (Å²) in [5, 5.41) is 2.19. The number of hydrogen-bond donors (Lipinski definition) is 0. The van der Waals surface area contributed by atoms with E-state index in [1.165, 1.54) is 12.8 Å². The van der Waals surface area contributed by atoms with Crippen molar-refractivity contribution in [1.82, 2.24) is 0 Å². The lowest BCUT2D eigenvalue weighted by atomic mass is 9.75. The first-order chi connectivity index (χ1) is 5.39. The predicted octanol–water partition coefficient (Wildman–Crippen LogP) is 4.61. The van der Waals surface area contributed by atoms with Gasteiger partial charge in [-0.25, -0.2) is 0 Å². The van der Waals surface area contributed by atoms with Gasteiger partial charge >= 0.3 is 0 Å². The van der Waals surface area contributed by atoms with E-state index in [4.69, 9.17) is 0 Å². The highest BCUT2D eigenvalue weighted by Gasteiger charge is 2.29. The van der Waals surface area contributed by atoms with Crippen molar-refractivity contribution in [2.24, 2.45) is 10.8 Å². The molecule has 1 atom stereocenters. The fourth-order valence-electron chi connectivity index (χ4n) is 1.47. The van der Waals surface area contributed by atoms with Gasteiger partial charge in [-0.15, -0.1) is 0 Å². The lowest BCUT2D eigenvalue weighted by molar-refractivity contribution is 0.218. The van der Waals surface area contributed by atoms with E-state index in [0.717, 1.165) is 10.7 Å². The molecule has 0 aliphatic heterocycles. The number of halogens is 2. The fraction of sp³-hybridized carbons (Fsp3) is 1.00. The second-order valence-electron chi connectivity index (χ2n) is 4.77. The van der Waals surface area contributed by atoms with E-state index in [-0.39, 0.29) is 0 Å². The normalized spacial score (nSPS) is 17.5. The van der Waals surface area contributed by atoms with E-state index in [2.05, 4.69) is 59.6 Å². The van der Waals surface area contributed by atoms with Gasteiger partial charge in [0, 0.05) is 10.7 Å². The van der Waals surface area contributed by atoms with Crippen molar-refractivity contribution in [2.45, 2.75) is 40.5 Å². The number of rotatable bonds is 5. The molecule has 0 amide bonds. The topological polar surface area (TPSA) is 0 Å². The maximum atomic E-state index is 3.60. The van der Waals surface area contributed by atoms with Crippen LogP contribution in [0, 0.1) is 10.8 Å². The first kappa shape index (κ1) is 13.0. The first-order valence-electron chi connectivity index (χ1n) is 4.51. The monoisotopic (exact) mass is 298 g/mol. The molecule has 0 radical (unpaired) electrons. The fourth-order valence-corrected chi connectivity index (χ4v) is 2.26. The van der Waals surface area contributed by atoms with E-state index in [9.17, 15) is 0 Å². The second kappa shape index (κ2) is 4.99. The minimum Gasteiger partial charge on any atom is -0.0922 e. The van der Waals surface area contributed by atoms with Crippen LogP contribution in [-0.4, -0.2) is 10.7 Å². The third kappa shape index (κ3) is 4.27. The van der Waals surface area contributed by atoms with E-state index < -0.39 is 0 Å². The van der Waals surface area contributed by atoms with Gasteiger partial charge in [-0.2, -0.15) is 0 Å². The molecule has 0 fully saturated rings. The maximum absolute atomic E-state index is 3.60. The number of alkyl halides is 2. The van der Waals surface area contributed by atoms with Crippen molar-refractivity contribution in [3.8, 4) is 0 Å². The Bertz CT molecular complexity index is 126. The number of hydrogen-bond acceptors (Lipinski definition) is 0. The van der Waals surface area contributed by atoms with Gasteiger partial charge in [0.2, 0.25) is 0 Å². The molecule has 1 unspecified atom stereocenters. The van der Waals surface area contributed by atoms with Gasteiger partial charge in [-0.1, -0.05) is 59.6 Å². The third-order valence-electron chi connectivity index (χ3n) is 2.44. The largest absolute Gasteiger partial charge is 0.0922 e. The molecule has 0 bridgehead atoms. The van der Waals surface area contributed by atoms with Gasteiger partial charge in [0.1, 0.15) is 0 Å². The average Bonchev–Trinajstić information content (AvgIpc) is 2.04. The zero-order chi connectivity index (χ0) is 9.83. The summed E-state index contributed by atoms with van der Waals surface area (Å²) in [6.07, 6.45) is 2.52. The minimum absolute atomic E-state index is 0.415. The molecule has 0 aliphatic carbocycles. The molecule has 0 saturated heterocycles. The maximum Gasteiger partial charge on any atom is 0.00854 e. The van der Waals surface area contributed by atoms with Crippen LogP contribution in [0.5, 0.6) is 0 Å². The SMILES string of the molecule is CCC(C)(CBr)CC(C)(C)CBr. The van der Waals surface area contributed by atoms with Crippen LogP contribution in [0.2, 0.25) is 0 Å². The summed E-state index contributed by atoms with van der Waals surface area (Å²) in [7, 11) is 0. The highest BCUT2D eigenvalue weighted by Crippen LogP contribution is 2.38. The Kier molecular flexibility index (Phi) is 5.39. The quantitative estimate of drug-likeness (QED) is 0.650. The molecule has 0 rings (SSSR count). The molecule has 0 aliphatic rings. The van der Waals surface area contributed by atoms with Gasteiger partial charge in [-0.3, -0.25) is 0 Å². The molecule has 2 heteroatoms. The lowest BCUT2D eigenvalue weighted by Crippen LogP contribution is -2.27. The molecular formula is C10H20Br2. The Morgan fingerprint density at radius 1 is 1.00 bits per heavy atom. The van der Waals surface area contributed by atoms with Crippen LogP contribution in [0.4, 0.5) is 0 Å². The summed E-state index contributed by atoms with van der Waals surface area (Å²) in [5.41, 5.74) is 0.871. The summed E-state index contributed by atoms with van der Waals surface area (Å²) in [6.45, 7) is 9.26. The first-order valence-corrected chi connectivity index (χ1v) is 6.75. The van der Waals surface area contributed by atoms with Crippen LogP contribution in [0.15, 0.2) is 0 Å². The predicted molar refractivity (Wildman–Crippen MR) is 64.4 cm³/mol. The Balaban J connectivity index is 4.20. The molecule has 0 aromatic rings. The molecular weight excluding hydrogens is 280 g/mol. The summed E-state index contributed by atoms with van der Waals surface area (Å²) in [6, 6.07) is 0. The Hall–Kier alpha value is 0.960. The van der Waals surface area contributed by atoms with E-state index in [1.807, 2.05) is 0 Å². The molecule has 74 valence electrons. The van der Waals surface area contributed by atoms with Crippen LogP contribution in [0.1, 0.15) is 40.5 Å².